The van der Waals surface area contributed by atoms with Gasteiger partial charge in [-0.1, -0.05) is 18.2 Å². The highest BCUT2D eigenvalue weighted by Crippen LogP contribution is 2.28. The molecule has 0 saturated carbocycles. The lowest BCUT2D eigenvalue weighted by atomic mass is 10.0. The highest BCUT2D eigenvalue weighted by Gasteiger charge is 2.30. The molecule has 2 rings (SSSR count). The van der Waals surface area contributed by atoms with Gasteiger partial charge in [0.2, 0.25) is 0 Å². The van der Waals surface area contributed by atoms with Crippen molar-refractivity contribution in [2.24, 2.45) is 0 Å². The predicted octanol–water partition coefficient (Wildman–Crippen LogP) is 5.13. The van der Waals surface area contributed by atoms with Gasteiger partial charge >= 0.3 is 6.36 Å². The molecule has 1 nitrogen and oxygen atoms in total. The number of hydrogen-bond donors (Lipinski definition) is 0. The fourth-order valence-corrected chi connectivity index (χ4v) is 1.88. The zero-order valence-corrected chi connectivity index (χ0v) is 10.8. The molecule has 0 aliphatic heterocycles. The molecule has 0 radical (unpaired) electrons. The Morgan fingerprint density at radius 3 is 2.20 bits per heavy atom. The van der Waals surface area contributed by atoms with Crippen LogP contribution in [0.3, 0.4) is 0 Å². The van der Waals surface area contributed by atoms with Crippen molar-refractivity contribution in [3.63, 3.8) is 0 Å². The quantitative estimate of drug-likeness (QED) is 0.564. The minimum Gasteiger partial charge on any atom is -0.406 e. The summed E-state index contributed by atoms with van der Waals surface area (Å²) in [5.41, 5.74) is 1.45. The third kappa shape index (κ3) is 3.63. The Kier molecular flexibility index (Phi) is 4.18. The molecule has 106 valence electrons. The van der Waals surface area contributed by atoms with Gasteiger partial charge in [0.15, 0.2) is 0 Å². The highest BCUT2D eigenvalue weighted by atomic mass is 35.5. The van der Waals surface area contributed by atoms with Crippen LogP contribution in [-0.2, 0) is 5.88 Å². The van der Waals surface area contributed by atoms with E-state index in [2.05, 4.69) is 4.74 Å². The van der Waals surface area contributed by atoms with Gasteiger partial charge in [0.05, 0.1) is 0 Å². The summed E-state index contributed by atoms with van der Waals surface area (Å²) in [6, 6.07) is 9.36. The van der Waals surface area contributed by atoms with Crippen LogP contribution in [0.4, 0.5) is 17.6 Å². The van der Waals surface area contributed by atoms with Crippen LogP contribution in [0, 0.1) is 5.82 Å². The number of ether oxygens (including phenoxy) is 1. The molecule has 0 heterocycles. The SMILES string of the molecule is Fc1ccc(CCl)cc1-c1ccc(OC(F)(F)F)cc1. The summed E-state index contributed by atoms with van der Waals surface area (Å²) < 4.78 is 53.6. The number of halogens is 5. The Morgan fingerprint density at radius 2 is 1.65 bits per heavy atom. The fourth-order valence-electron chi connectivity index (χ4n) is 1.71. The third-order valence-electron chi connectivity index (χ3n) is 2.58. The lowest BCUT2D eigenvalue weighted by Crippen LogP contribution is -2.16. The molecule has 0 spiro atoms. The molecule has 0 aromatic heterocycles. The average molecular weight is 305 g/mol. The minimum absolute atomic E-state index is 0.225. The maximum absolute atomic E-state index is 13.7. The molecule has 0 fully saturated rings. The molecule has 0 atom stereocenters. The van der Waals surface area contributed by atoms with Crippen molar-refractivity contribution in [1.29, 1.82) is 0 Å². The van der Waals surface area contributed by atoms with Gasteiger partial charge in [-0.25, -0.2) is 4.39 Å². The van der Waals surface area contributed by atoms with Crippen LogP contribution >= 0.6 is 11.6 Å². The van der Waals surface area contributed by atoms with Crippen LogP contribution in [0.5, 0.6) is 5.75 Å². The summed E-state index contributed by atoms with van der Waals surface area (Å²) >= 11 is 5.67. The minimum atomic E-state index is -4.74. The molecule has 2 aromatic rings. The van der Waals surface area contributed by atoms with E-state index in [0.717, 1.165) is 17.7 Å². The van der Waals surface area contributed by atoms with Crippen molar-refractivity contribution in [3.8, 4) is 16.9 Å². The first-order valence-corrected chi connectivity index (χ1v) is 6.13. The number of hydrogen-bond acceptors (Lipinski definition) is 1. The van der Waals surface area contributed by atoms with E-state index >= 15 is 0 Å². The largest absolute Gasteiger partial charge is 0.573 e. The molecule has 0 N–H and O–H groups in total. The second-order valence-electron chi connectivity index (χ2n) is 4.02. The second-order valence-corrected chi connectivity index (χ2v) is 4.29. The van der Waals surface area contributed by atoms with Crippen LogP contribution in [0.15, 0.2) is 42.5 Å². The van der Waals surface area contributed by atoms with E-state index in [9.17, 15) is 17.6 Å². The van der Waals surface area contributed by atoms with Gasteiger partial charge in [0.25, 0.3) is 0 Å². The first-order valence-electron chi connectivity index (χ1n) is 5.59. The highest BCUT2D eigenvalue weighted by molar-refractivity contribution is 6.17. The molecule has 0 bridgehead atoms. The number of benzene rings is 2. The topological polar surface area (TPSA) is 9.23 Å². The Bertz CT molecular complexity index is 593. The van der Waals surface area contributed by atoms with E-state index < -0.39 is 12.2 Å². The van der Waals surface area contributed by atoms with Crippen LogP contribution in [-0.4, -0.2) is 6.36 Å². The average Bonchev–Trinajstić information content (AvgIpc) is 2.39. The lowest BCUT2D eigenvalue weighted by molar-refractivity contribution is -0.274. The Labute approximate surface area is 117 Å². The molecule has 0 aliphatic rings. The van der Waals surface area contributed by atoms with Crippen molar-refractivity contribution in [1.82, 2.24) is 0 Å². The Hall–Kier alpha value is -1.75. The molecule has 0 aliphatic carbocycles. The smallest absolute Gasteiger partial charge is 0.406 e. The summed E-state index contributed by atoms with van der Waals surface area (Å²) in [5.74, 6) is -0.596. The van der Waals surface area contributed by atoms with Crippen LogP contribution in [0.1, 0.15) is 5.56 Å². The van der Waals surface area contributed by atoms with E-state index in [1.165, 1.54) is 18.2 Å². The van der Waals surface area contributed by atoms with Gasteiger partial charge in [-0.3, -0.25) is 0 Å². The van der Waals surface area contributed by atoms with Gasteiger partial charge in [0, 0.05) is 11.4 Å². The summed E-state index contributed by atoms with van der Waals surface area (Å²) in [7, 11) is 0. The van der Waals surface area contributed by atoms with E-state index in [4.69, 9.17) is 11.6 Å². The van der Waals surface area contributed by atoms with E-state index in [-0.39, 0.29) is 17.2 Å². The van der Waals surface area contributed by atoms with Crippen molar-refractivity contribution in [2.45, 2.75) is 12.2 Å². The molecule has 0 amide bonds. The van der Waals surface area contributed by atoms with E-state index in [0.29, 0.717) is 5.56 Å². The molecule has 20 heavy (non-hydrogen) atoms. The monoisotopic (exact) mass is 304 g/mol. The molecular weight excluding hydrogens is 296 g/mol. The van der Waals surface area contributed by atoms with Crippen molar-refractivity contribution >= 4 is 11.6 Å². The first kappa shape index (κ1) is 14.7. The standard InChI is InChI=1S/C14H9ClF4O/c15-8-9-1-6-13(16)12(7-9)10-2-4-11(5-3-10)20-14(17,18)19/h1-7H,8H2. The number of rotatable bonds is 3. The molecule has 6 heteroatoms. The van der Waals surface area contributed by atoms with Crippen LogP contribution < -0.4 is 4.74 Å². The Balaban J connectivity index is 2.30. The summed E-state index contributed by atoms with van der Waals surface area (Å²) in [6.45, 7) is 0. The molecule has 0 unspecified atom stereocenters. The van der Waals surface area contributed by atoms with Gasteiger partial charge in [-0.2, -0.15) is 0 Å². The zero-order chi connectivity index (χ0) is 14.8. The van der Waals surface area contributed by atoms with Crippen molar-refractivity contribution < 1.29 is 22.3 Å². The fraction of sp³-hybridized carbons (Fsp3) is 0.143. The van der Waals surface area contributed by atoms with Gasteiger partial charge < -0.3 is 4.74 Å². The summed E-state index contributed by atoms with van der Waals surface area (Å²) in [4.78, 5) is 0. The maximum Gasteiger partial charge on any atom is 0.573 e. The number of alkyl halides is 4. The molecule has 0 saturated heterocycles. The van der Waals surface area contributed by atoms with Crippen molar-refractivity contribution in [2.75, 3.05) is 0 Å². The van der Waals surface area contributed by atoms with E-state index in [1.54, 1.807) is 12.1 Å². The molecular formula is C14H9ClF4O. The van der Waals surface area contributed by atoms with Crippen molar-refractivity contribution in [3.05, 3.63) is 53.8 Å². The second kappa shape index (κ2) is 5.71. The predicted molar refractivity (Wildman–Crippen MR) is 68.1 cm³/mol. The van der Waals surface area contributed by atoms with Crippen LogP contribution in [0.2, 0.25) is 0 Å². The Morgan fingerprint density at radius 1 is 1.00 bits per heavy atom. The molecule has 2 aromatic carbocycles. The normalized spacial score (nSPS) is 11.4. The van der Waals surface area contributed by atoms with Gasteiger partial charge in [-0.15, -0.1) is 24.8 Å². The van der Waals surface area contributed by atoms with Gasteiger partial charge in [0.1, 0.15) is 11.6 Å². The summed E-state index contributed by atoms with van der Waals surface area (Å²) in [5, 5.41) is 0. The van der Waals surface area contributed by atoms with Crippen LogP contribution in [0.25, 0.3) is 11.1 Å². The summed E-state index contributed by atoms with van der Waals surface area (Å²) in [6.07, 6.45) is -4.74. The lowest BCUT2D eigenvalue weighted by Gasteiger charge is -2.10. The zero-order valence-electron chi connectivity index (χ0n) is 10.0. The first-order chi connectivity index (χ1) is 9.39. The van der Waals surface area contributed by atoms with Gasteiger partial charge in [-0.05, 0) is 35.4 Å². The third-order valence-corrected chi connectivity index (χ3v) is 2.89. The maximum atomic E-state index is 13.7. The van der Waals surface area contributed by atoms with E-state index in [1.807, 2.05) is 0 Å².